The van der Waals surface area contributed by atoms with Gasteiger partial charge in [0.25, 0.3) is 5.91 Å². The number of nitrogens with zero attached hydrogens (tertiary/aromatic N) is 2. The van der Waals surface area contributed by atoms with Crippen LogP contribution in [-0.4, -0.2) is 15.9 Å². The highest BCUT2D eigenvalue weighted by Crippen LogP contribution is 2.16. The average molecular weight is 311 g/mol. The lowest BCUT2D eigenvalue weighted by atomic mass is 10.2. The first kappa shape index (κ1) is 14.2. The third-order valence-electron chi connectivity index (χ3n) is 2.87. The number of nitrogens with one attached hydrogen (secondary N) is 1. The van der Waals surface area contributed by atoms with Crippen molar-refractivity contribution in [1.29, 1.82) is 0 Å². The van der Waals surface area contributed by atoms with Crippen LogP contribution in [0.5, 0.6) is 5.75 Å². The smallest absolute Gasteiger partial charge is 0.276 e. The van der Waals surface area contributed by atoms with E-state index in [1.54, 1.807) is 29.9 Å². The number of ether oxygens (including phenoxy) is 1. The van der Waals surface area contributed by atoms with E-state index >= 15 is 0 Å². The zero-order chi connectivity index (χ0) is 15.2. The van der Waals surface area contributed by atoms with Crippen molar-refractivity contribution in [3.05, 3.63) is 71.5 Å². The van der Waals surface area contributed by atoms with E-state index in [0.29, 0.717) is 23.2 Å². The fraction of sp³-hybridized carbons (Fsp3) is 0.0625. The maximum Gasteiger partial charge on any atom is 0.276 e. The van der Waals surface area contributed by atoms with E-state index in [1.165, 1.54) is 11.3 Å². The van der Waals surface area contributed by atoms with Gasteiger partial charge in [0.1, 0.15) is 18.1 Å². The van der Waals surface area contributed by atoms with Crippen LogP contribution < -0.4 is 10.1 Å². The molecule has 3 rings (SSSR count). The van der Waals surface area contributed by atoms with E-state index in [4.69, 9.17) is 4.74 Å². The number of anilines is 1. The van der Waals surface area contributed by atoms with Crippen LogP contribution in [0.3, 0.4) is 0 Å². The highest BCUT2D eigenvalue weighted by molar-refractivity contribution is 7.13. The van der Waals surface area contributed by atoms with Crippen LogP contribution in [0.15, 0.2) is 60.2 Å². The molecule has 0 fully saturated rings. The van der Waals surface area contributed by atoms with Gasteiger partial charge in [-0.15, -0.1) is 11.3 Å². The summed E-state index contributed by atoms with van der Waals surface area (Å²) < 4.78 is 5.69. The summed E-state index contributed by atoms with van der Waals surface area (Å²) in [5, 5.41) is 5.03. The Morgan fingerprint density at radius 2 is 2.00 bits per heavy atom. The van der Waals surface area contributed by atoms with Crippen LogP contribution in [0.4, 0.5) is 5.13 Å². The van der Waals surface area contributed by atoms with Crippen molar-refractivity contribution in [2.75, 3.05) is 5.32 Å². The summed E-state index contributed by atoms with van der Waals surface area (Å²) in [5.74, 6) is 0.295. The van der Waals surface area contributed by atoms with Crippen LogP contribution in [0, 0.1) is 0 Å². The molecule has 0 radical (unpaired) electrons. The molecule has 0 aliphatic heterocycles. The molecule has 0 atom stereocenters. The molecule has 0 aliphatic rings. The Hall–Kier alpha value is -2.73. The molecule has 22 heavy (non-hydrogen) atoms. The number of carbonyl (C=O) groups excluding carboxylic acids is 1. The van der Waals surface area contributed by atoms with Crippen LogP contribution in [0.25, 0.3) is 0 Å². The van der Waals surface area contributed by atoms with Gasteiger partial charge in [0, 0.05) is 23.8 Å². The summed E-state index contributed by atoms with van der Waals surface area (Å²) in [5.41, 5.74) is 1.36. The number of rotatable bonds is 5. The van der Waals surface area contributed by atoms with E-state index in [2.05, 4.69) is 15.3 Å². The molecular formula is C16H13N3O2S. The molecule has 0 spiro atoms. The Bertz CT molecular complexity index is 745. The minimum Gasteiger partial charge on any atom is -0.489 e. The van der Waals surface area contributed by atoms with Gasteiger partial charge in [-0.25, -0.2) is 4.98 Å². The van der Waals surface area contributed by atoms with Crippen molar-refractivity contribution in [2.24, 2.45) is 0 Å². The van der Waals surface area contributed by atoms with Gasteiger partial charge in [0.05, 0.1) is 0 Å². The lowest BCUT2D eigenvalue weighted by molar-refractivity contribution is 0.102. The Morgan fingerprint density at radius 1 is 1.14 bits per heavy atom. The Labute approximate surface area is 131 Å². The monoisotopic (exact) mass is 311 g/mol. The average Bonchev–Trinajstić information content (AvgIpc) is 3.07. The topological polar surface area (TPSA) is 64.1 Å². The van der Waals surface area contributed by atoms with Crippen molar-refractivity contribution in [3.63, 3.8) is 0 Å². The van der Waals surface area contributed by atoms with Crippen molar-refractivity contribution >= 4 is 22.4 Å². The van der Waals surface area contributed by atoms with Crippen LogP contribution in [0.2, 0.25) is 0 Å². The van der Waals surface area contributed by atoms with Gasteiger partial charge in [0.15, 0.2) is 5.13 Å². The van der Waals surface area contributed by atoms with Gasteiger partial charge in [-0.1, -0.05) is 30.3 Å². The second-order valence-corrected chi connectivity index (χ2v) is 5.34. The van der Waals surface area contributed by atoms with Crippen molar-refractivity contribution in [2.45, 2.75) is 6.61 Å². The Morgan fingerprint density at radius 3 is 2.77 bits per heavy atom. The quantitative estimate of drug-likeness (QED) is 0.784. The highest BCUT2D eigenvalue weighted by atomic mass is 32.1. The first-order valence-electron chi connectivity index (χ1n) is 6.65. The maximum atomic E-state index is 12.1. The number of carbonyl (C=O) groups is 1. The number of pyridine rings is 1. The van der Waals surface area contributed by atoms with Gasteiger partial charge >= 0.3 is 0 Å². The van der Waals surface area contributed by atoms with Crippen LogP contribution in [-0.2, 0) is 6.61 Å². The summed E-state index contributed by atoms with van der Waals surface area (Å²) in [6.45, 7) is 0.443. The summed E-state index contributed by atoms with van der Waals surface area (Å²) in [6, 6.07) is 13.2. The number of thiazole rings is 1. The Balaban J connectivity index is 1.65. The standard InChI is InChI=1S/C16H13N3O2S/c20-15(19-16-18-8-9-22-16)14-10-13(6-7-17-14)21-11-12-4-2-1-3-5-12/h1-10H,11H2,(H,18,19,20). The molecule has 2 heterocycles. The fourth-order valence-electron chi connectivity index (χ4n) is 1.81. The third-order valence-corrected chi connectivity index (χ3v) is 3.55. The molecule has 0 aliphatic carbocycles. The molecule has 1 N–H and O–H groups in total. The molecule has 3 aromatic rings. The van der Waals surface area contributed by atoms with Gasteiger partial charge in [-0.2, -0.15) is 0 Å². The van der Waals surface area contributed by atoms with E-state index in [9.17, 15) is 4.79 Å². The summed E-state index contributed by atoms with van der Waals surface area (Å²) >= 11 is 1.36. The van der Waals surface area contributed by atoms with Crippen LogP contribution >= 0.6 is 11.3 Å². The molecule has 0 unspecified atom stereocenters. The minimum absolute atomic E-state index is 0.292. The predicted octanol–water partition coefficient (Wildman–Crippen LogP) is 3.37. The zero-order valence-electron chi connectivity index (χ0n) is 11.6. The molecule has 0 bridgehead atoms. The van der Waals surface area contributed by atoms with Gasteiger partial charge < -0.3 is 4.74 Å². The number of hydrogen-bond donors (Lipinski definition) is 1. The second kappa shape index (κ2) is 6.82. The number of amides is 1. The van der Waals surface area contributed by atoms with E-state index in [-0.39, 0.29) is 5.91 Å². The summed E-state index contributed by atoms with van der Waals surface area (Å²) in [4.78, 5) is 20.1. The second-order valence-electron chi connectivity index (χ2n) is 4.44. The van der Waals surface area contributed by atoms with E-state index < -0.39 is 0 Å². The SMILES string of the molecule is O=C(Nc1nccs1)c1cc(OCc2ccccc2)ccn1. The zero-order valence-corrected chi connectivity index (χ0v) is 12.4. The van der Waals surface area contributed by atoms with Gasteiger partial charge in [-0.05, 0) is 11.6 Å². The lowest BCUT2D eigenvalue weighted by Gasteiger charge is -2.07. The molecular weight excluding hydrogens is 298 g/mol. The first-order chi connectivity index (χ1) is 10.8. The molecule has 0 saturated carbocycles. The molecule has 110 valence electrons. The predicted molar refractivity (Wildman–Crippen MR) is 85.1 cm³/mol. The number of benzene rings is 1. The molecule has 6 heteroatoms. The molecule has 0 saturated heterocycles. The Kier molecular flexibility index (Phi) is 4.41. The van der Waals surface area contributed by atoms with Crippen LogP contribution in [0.1, 0.15) is 16.1 Å². The molecule has 1 amide bonds. The maximum absolute atomic E-state index is 12.1. The van der Waals surface area contributed by atoms with Gasteiger partial charge in [-0.3, -0.25) is 15.1 Å². The number of hydrogen-bond acceptors (Lipinski definition) is 5. The minimum atomic E-state index is -0.305. The normalized spacial score (nSPS) is 10.2. The number of aromatic nitrogens is 2. The molecule has 5 nitrogen and oxygen atoms in total. The van der Waals surface area contributed by atoms with E-state index in [0.717, 1.165) is 5.56 Å². The van der Waals surface area contributed by atoms with Crippen molar-refractivity contribution in [3.8, 4) is 5.75 Å². The molecule has 2 aromatic heterocycles. The largest absolute Gasteiger partial charge is 0.489 e. The van der Waals surface area contributed by atoms with Gasteiger partial charge in [0.2, 0.25) is 0 Å². The molecule has 1 aromatic carbocycles. The van der Waals surface area contributed by atoms with Crippen molar-refractivity contribution in [1.82, 2.24) is 9.97 Å². The van der Waals surface area contributed by atoms with Crippen molar-refractivity contribution < 1.29 is 9.53 Å². The summed E-state index contributed by atoms with van der Waals surface area (Å²) in [6.07, 6.45) is 3.18. The third kappa shape index (κ3) is 3.67. The summed E-state index contributed by atoms with van der Waals surface area (Å²) in [7, 11) is 0. The first-order valence-corrected chi connectivity index (χ1v) is 7.53. The lowest BCUT2D eigenvalue weighted by Crippen LogP contribution is -2.13. The highest BCUT2D eigenvalue weighted by Gasteiger charge is 2.10. The fourth-order valence-corrected chi connectivity index (χ4v) is 2.34. The van der Waals surface area contributed by atoms with E-state index in [1.807, 2.05) is 30.3 Å².